The van der Waals surface area contributed by atoms with Crippen LogP contribution in [0.3, 0.4) is 0 Å². The van der Waals surface area contributed by atoms with Crippen LogP contribution in [0.25, 0.3) is 0 Å². The maximum Gasteiger partial charge on any atom is 0.407 e. The number of hydrogen-bond donors (Lipinski definition) is 2. The van der Waals surface area contributed by atoms with Crippen molar-refractivity contribution in [3.05, 3.63) is 12.7 Å². The molecule has 1 amide bonds. The zero-order chi connectivity index (χ0) is 17.0. The van der Waals surface area contributed by atoms with Crippen molar-refractivity contribution in [2.24, 2.45) is 4.99 Å². The molecule has 0 rings (SSSR count). The second-order valence-corrected chi connectivity index (χ2v) is 6.11. The van der Waals surface area contributed by atoms with E-state index in [1.807, 2.05) is 33.9 Å². The summed E-state index contributed by atoms with van der Waals surface area (Å²) in [7, 11) is 3.78. The Morgan fingerprint density at radius 3 is 2.39 bits per heavy atom. The Balaban J connectivity index is 0. The zero-order valence-corrected chi connectivity index (χ0v) is 17.5. The van der Waals surface area contributed by atoms with Gasteiger partial charge in [0.1, 0.15) is 5.60 Å². The predicted octanol–water partition coefficient (Wildman–Crippen LogP) is 2.99. The largest absolute Gasteiger partial charge is 0.444 e. The van der Waals surface area contributed by atoms with Gasteiger partial charge < -0.3 is 20.3 Å². The number of nitrogens with zero attached hydrogens (tertiary/aromatic N) is 2. The lowest BCUT2D eigenvalue weighted by molar-refractivity contribution is 0.0527. The first-order valence-electron chi connectivity index (χ1n) is 7.79. The van der Waals surface area contributed by atoms with Crippen LogP contribution < -0.4 is 10.6 Å². The van der Waals surface area contributed by atoms with Gasteiger partial charge in [-0.05, 0) is 40.0 Å². The van der Waals surface area contributed by atoms with E-state index in [0.717, 1.165) is 38.3 Å². The summed E-state index contributed by atoms with van der Waals surface area (Å²) < 4.78 is 5.17. The number of guanidine groups is 1. The van der Waals surface area contributed by atoms with Crippen LogP contribution in [0.4, 0.5) is 4.79 Å². The molecular weight excluding hydrogens is 407 g/mol. The number of ether oxygens (including phenoxy) is 1. The lowest BCUT2D eigenvalue weighted by Gasteiger charge is -2.22. The molecule has 0 aliphatic rings. The third-order valence-corrected chi connectivity index (χ3v) is 2.78. The van der Waals surface area contributed by atoms with Crippen molar-refractivity contribution in [1.82, 2.24) is 15.5 Å². The van der Waals surface area contributed by atoms with E-state index in [1.54, 1.807) is 7.05 Å². The number of allylic oxidation sites excluding steroid dienone is 1. The number of halogens is 1. The van der Waals surface area contributed by atoms with Crippen molar-refractivity contribution >= 4 is 36.0 Å². The number of amides is 1. The van der Waals surface area contributed by atoms with Crippen LogP contribution in [0.15, 0.2) is 17.6 Å². The number of unbranched alkanes of at least 4 members (excludes halogenated alkanes) is 1. The highest BCUT2D eigenvalue weighted by atomic mass is 127. The molecule has 0 aliphatic heterocycles. The Morgan fingerprint density at radius 2 is 1.87 bits per heavy atom. The molecule has 0 saturated heterocycles. The van der Waals surface area contributed by atoms with Crippen molar-refractivity contribution in [2.45, 2.75) is 45.6 Å². The lowest BCUT2D eigenvalue weighted by Crippen LogP contribution is -2.40. The van der Waals surface area contributed by atoms with Gasteiger partial charge in [-0.25, -0.2) is 4.79 Å². The zero-order valence-electron chi connectivity index (χ0n) is 15.1. The van der Waals surface area contributed by atoms with E-state index in [9.17, 15) is 4.79 Å². The number of aliphatic imine (C=N–C) groups is 1. The molecule has 136 valence electrons. The summed E-state index contributed by atoms with van der Waals surface area (Å²) in [6.45, 7) is 11.5. The summed E-state index contributed by atoms with van der Waals surface area (Å²) in [4.78, 5) is 17.8. The van der Waals surface area contributed by atoms with Gasteiger partial charge in [-0.1, -0.05) is 6.08 Å². The Morgan fingerprint density at radius 1 is 1.26 bits per heavy atom. The molecule has 0 fully saturated rings. The van der Waals surface area contributed by atoms with Crippen LogP contribution in [0.2, 0.25) is 0 Å². The van der Waals surface area contributed by atoms with Gasteiger partial charge in [0.15, 0.2) is 5.96 Å². The van der Waals surface area contributed by atoms with Crippen LogP contribution in [-0.4, -0.2) is 56.3 Å². The van der Waals surface area contributed by atoms with E-state index < -0.39 is 5.60 Å². The van der Waals surface area contributed by atoms with Gasteiger partial charge in [0, 0.05) is 33.7 Å². The van der Waals surface area contributed by atoms with E-state index in [4.69, 9.17) is 4.74 Å². The minimum Gasteiger partial charge on any atom is -0.444 e. The van der Waals surface area contributed by atoms with E-state index in [0.29, 0.717) is 6.54 Å². The molecule has 0 radical (unpaired) electrons. The lowest BCUT2D eigenvalue weighted by atomic mass is 10.2. The monoisotopic (exact) mass is 440 g/mol. The minimum atomic E-state index is -0.460. The fourth-order valence-corrected chi connectivity index (χ4v) is 1.76. The van der Waals surface area contributed by atoms with Gasteiger partial charge >= 0.3 is 6.09 Å². The second kappa shape index (κ2) is 13.4. The standard InChI is InChI=1S/C16H32N4O2.HI/c1-7-8-9-13-20(6)14(17-5)18-11-10-12-19-15(21)22-16(2,3)4;/h7H,1,8-13H2,2-6H3,(H,17,18)(H,19,21);1H. The summed E-state index contributed by atoms with van der Waals surface area (Å²) >= 11 is 0. The van der Waals surface area contributed by atoms with Crippen molar-refractivity contribution < 1.29 is 9.53 Å². The van der Waals surface area contributed by atoms with E-state index in [1.165, 1.54) is 0 Å². The van der Waals surface area contributed by atoms with Crippen LogP contribution >= 0.6 is 24.0 Å². The molecule has 0 atom stereocenters. The summed E-state index contributed by atoms with van der Waals surface area (Å²) in [5.41, 5.74) is -0.460. The van der Waals surface area contributed by atoms with Crippen LogP contribution in [0.1, 0.15) is 40.0 Å². The topological polar surface area (TPSA) is 66.0 Å². The Hall–Kier alpha value is -0.990. The molecule has 0 aromatic heterocycles. The van der Waals surface area contributed by atoms with Gasteiger partial charge in [0.2, 0.25) is 0 Å². The summed E-state index contributed by atoms with van der Waals surface area (Å²) in [5, 5.41) is 6.01. The highest BCUT2D eigenvalue weighted by Gasteiger charge is 2.15. The molecule has 0 saturated carbocycles. The first-order valence-corrected chi connectivity index (χ1v) is 7.79. The fraction of sp³-hybridized carbons (Fsp3) is 0.750. The molecular formula is C16H33IN4O2. The normalized spacial score (nSPS) is 11.3. The van der Waals surface area contributed by atoms with Crippen LogP contribution in [-0.2, 0) is 4.74 Å². The Kier molecular flexibility index (Phi) is 14.2. The molecule has 7 heteroatoms. The number of nitrogens with one attached hydrogen (secondary N) is 2. The third-order valence-electron chi connectivity index (χ3n) is 2.78. The number of rotatable bonds is 8. The fourth-order valence-electron chi connectivity index (χ4n) is 1.76. The summed E-state index contributed by atoms with van der Waals surface area (Å²) in [6, 6.07) is 0. The SMILES string of the molecule is C=CCCCN(C)C(=NC)NCCCNC(=O)OC(C)(C)C.I. The minimum absolute atomic E-state index is 0. The van der Waals surface area contributed by atoms with Crippen molar-refractivity contribution in [3.8, 4) is 0 Å². The van der Waals surface area contributed by atoms with E-state index in [-0.39, 0.29) is 30.1 Å². The smallest absolute Gasteiger partial charge is 0.407 e. The molecule has 0 aromatic carbocycles. The molecule has 0 heterocycles. The molecule has 0 unspecified atom stereocenters. The van der Waals surface area contributed by atoms with E-state index >= 15 is 0 Å². The third kappa shape index (κ3) is 14.3. The number of hydrogen-bond acceptors (Lipinski definition) is 3. The number of alkyl carbamates (subject to hydrolysis) is 1. The van der Waals surface area contributed by atoms with Crippen molar-refractivity contribution in [1.29, 1.82) is 0 Å². The summed E-state index contributed by atoms with van der Waals surface area (Å²) in [6.07, 6.45) is 4.41. The van der Waals surface area contributed by atoms with Gasteiger partial charge in [-0.15, -0.1) is 30.6 Å². The Bertz CT molecular complexity index is 368. The first-order chi connectivity index (χ1) is 10.3. The number of carbonyl (C=O) groups is 1. The maximum atomic E-state index is 11.5. The molecule has 23 heavy (non-hydrogen) atoms. The Labute approximate surface area is 158 Å². The average molecular weight is 440 g/mol. The van der Waals surface area contributed by atoms with Crippen LogP contribution in [0, 0.1) is 0 Å². The second-order valence-electron chi connectivity index (χ2n) is 6.11. The number of carbonyl (C=O) groups excluding carboxylic acids is 1. The molecule has 0 aromatic rings. The molecule has 0 spiro atoms. The van der Waals surface area contributed by atoms with Gasteiger partial charge in [-0.3, -0.25) is 4.99 Å². The van der Waals surface area contributed by atoms with Gasteiger partial charge in [-0.2, -0.15) is 0 Å². The maximum absolute atomic E-state index is 11.5. The highest BCUT2D eigenvalue weighted by molar-refractivity contribution is 14.0. The molecule has 6 nitrogen and oxygen atoms in total. The summed E-state index contributed by atoms with van der Waals surface area (Å²) in [5.74, 6) is 0.862. The first kappa shape index (κ1) is 24.3. The quantitative estimate of drug-likeness (QED) is 0.200. The average Bonchev–Trinajstić information content (AvgIpc) is 2.41. The van der Waals surface area contributed by atoms with Crippen LogP contribution in [0.5, 0.6) is 0 Å². The molecule has 2 N–H and O–H groups in total. The molecule has 0 aliphatic carbocycles. The molecule has 0 bridgehead atoms. The van der Waals surface area contributed by atoms with Gasteiger partial charge in [0.05, 0.1) is 0 Å². The van der Waals surface area contributed by atoms with Crippen molar-refractivity contribution in [3.63, 3.8) is 0 Å². The van der Waals surface area contributed by atoms with E-state index in [2.05, 4.69) is 27.1 Å². The van der Waals surface area contributed by atoms with Gasteiger partial charge in [0.25, 0.3) is 0 Å². The van der Waals surface area contributed by atoms with Crippen molar-refractivity contribution in [2.75, 3.05) is 33.7 Å². The predicted molar refractivity (Wildman–Crippen MR) is 108 cm³/mol. The highest BCUT2D eigenvalue weighted by Crippen LogP contribution is 2.06.